The first-order valence-corrected chi connectivity index (χ1v) is 14.6. The number of nitrogens with one attached hydrogen (secondary N) is 1. The number of alkyl carbamates (subject to hydrolysis) is 1. The van der Waals surface area contributed by atoms with Crippen molar-refractivity contribution in [3.8, 4) is 0 Å². The summed E-state index contributed by atoms with van der Waals surface area (Å²) in [5.74, 6) is 0. The third-order valence-electron chi connectivity index (χ3n) is 4.78. The van der Waals surface area contributed by atoms with E-state index in [2.05, 4.69) is 18.8 Å². The van der Waals surface area contributed by atoms with Gasteiger partial charge < -0.3 is 30.0 Å². The Bertz CT molecular complexity index is 632. The first-order valence-electron chi connectivity index (χ1n) is 13.1. The number of hydrogen-bond donors (Lipinski definition) is 2. The zero-order valence-electron chi connectivity index (χ0n) is 23.5. The third kappa shape index (κ3) is 22.6. The molecule has 12 heteroatoms. The second kappa shape index (κ2) is 21.8. The van der Waals surface area contributed by atoms with E-state index >= 15 is 0 Å². The topological polar surface area (TPSA) is 137 Å². The molecule has 0 radical (unpaired) electrons. The molecule has 0 rings (SSSR count). The van der Waals surface area contributed by atoms with E-state index in [0.29, 0.717) is 6.61 Å². The van der Waals surface area contributed by atoms with Crippen molar-refractivity contribution >= 4 is 13.9 Å². The Morgan fingerprint density at radius 2 is 1.78 bits per heavy atom. The lowest BCUT2D eigenvalue weighted by Crippen LogP contribution is -2.34. The van der Waals surface area contributed by atoms with E-state index in [9.17, 15) is 9.36 Å². The maximum Gasteiger partial charge on any atom is 0.475 e. The Morgan fingerprint density at radius 1 is 1.05 bits per heavy atom. The fraction of sp³-hybridized carbons (Fsp3) is 0.880. The van der Waals surface area contributed by atoms with Gasteiger partial charge >= 0.3 is 13.9 Å². The molecule has 0 aromatic rings. The van der Waals surface area contributed by atoms with Gasteiger partial charge in [-0.25, -0.2) is 9.36 Å². The van der Waals surface area contributed by atoms with E-state index in [-0.39, 0.29) is 45.9 Å². The lowest BCUT2D eigenvalue weighted by atomic mass is 10.1. The van der Waals surface area contributed by atoms with Crippen molar-refractivity contribution in [1.29, 1.82) is 0 Å². The molecule has 0 saturated heterocycles. The Morgan fingerprint density at radius 3 is 2.43 bits per heavy atom. The van der Waals surface area contributed by atoms with Crippen LogP contribution in [0.15, 0.2) is 12.7 Å². The molecule has 0 saturated carbocycles. The number of hydrogen-bond acceptors (Lipinski definition) is 10. The van der Waals surface area contributed by atoms with E-state index in [0.717, 1.165) is 19.3 Å². The van der Waals surface area contributed by atoms with Crippen molar-refractivity contribution < 1.29 is 41.9 Å². The van der Waals surface area contributed by atoms with Gasteiger partial charge in [-0.3, -0.25) is 13.6 Å². The summed E-state index contributed by atoms with van der Waals surface area (Å²) in [6.07, 6.45) is 8.56. The van der Waals surface area contributed by atoms with Gasteiger partial charge in [0.2, 0.25) is 0 Å². The summed E-state index contributed by atoms with van der Waals surface area (Å²) >= 11 is 0. The van der Waals surface area contributed by atoms with Gasteiger partial charge in [0.05, 0.1) is 38.6 Å². The average Bonchev–Trinajstić information content (AvgIpc) is 2.83. The van der Waals surface area contributed by atoms with Gasteiger partial charge in [-0.1, -0.05) is 45.1 Å². The zero-order chi connectivity index (χ0) is 28.0. The van der Waals surface area contributed by atoms with Gasteiger partial charge in [-0.2, -0.15) is 0 Å². The van der Waals surface area contributed by atoms with Gasteiger partial charge in [0, 0.05) is 20.3 Å². The molecule has 0 aliphatic carbocycles. The van der Waals surface area contributed by atoms with Gasteiger partial charge in [-0.05, 0) is 33.6 Å². The minimum Gasteiger partial charge on any atom is -0.444 e. The van der Waals surface area contributed by atoms with Crippen molar-refractivity contribution in [3.05, 3.63) is 12.7 Å². The number of nitrogens with two attached hydrogens (primary N) is 1. The normalized spacial score (nSPS) is 15.1. The number of phosphoric acid groups is 1. The van der Waals surface area contributed by atoms with Crippen molar-refractivity contribution in [3.63, 3.8) is 0 Å². The molecule has 0 aliphatic heterocycles. The van der Waals surface area contributed by atoms with Gasteiger partial charge in [0.25, 0.3) is 0 Å². The number of ether oxygens (including phenoxy) is 4. The lowest BCUT2D eigenvalue weighted by molar-refractivity contribution is -0.0835. The van der Waals surface area contributed by atoms with Crippen molar-refractivity contribution in [2.45, 2.75) is 90.4 Å². The van der Waals surface area contributed by atoms with E-state index in [4.69, 9.17) is 38.3 Å². The molecule has 2 unspecified atom stereocenters. The number of unbranched alkanes of at least 4 members (excludes halogenated alkanes) is 4. The Kier molecular flexibility index (Phi) is 21.2. The molecule has 0 aromatic heterocycles. The molecule has 0 spiro atoms. The molecular weight excluding hydrogens is 503 g/mol. The molecule has 0 heterocycles. The number of rotatable bonds is 24. The van der Waals surface area contributed by atoms with Crippen LogP contribution in [0.4, 0.5) is 4.79 Å². The molecular formula is C25H51N2O9P. The number of carbonyl (C=O) groups excluding carboxylic acids is 1. The van der Waals surface area contributed by atoms with Gasteiger partial charge in [0.1, 0.15) is 12.4 Å². The van der Waals surface area contributed by atoms with E-state index < -0.39 is 25.6 Å². The average molecular weight is 555 g/mol. The van der Waals surface area contributed by atoms with Crippen LogP contribution in [0.5, 0.6) is 0 Å². The molecule has 220 valence electrons. The summed E-state index contributed by atoms with van der Waals surface area (Å²) in [6.45, 7) is 11.7. The highest BCUT2D eigenvalue weighted by Gasteiger charge is 2.27. The van der Waals surface area contributed by atoms with Crippen LogP contribution in [0.3, 0.4) is 0 Å². The predicted octanol–water partition coefficient (Wildman–Crippen LogP) is 4.94. The quantitative estimate of drug-likeness (QED) is 0.0730. The summed E-state index contributed by atoms with van der Waals surface area (Å²) in [7, 11) is -2.31. The van der Waals surface area contributed by atoms with Crippen LogP contribution >= 0.6 is 7.82 Å². The van der Waals surface area contributed by atoms with Gasteiger partial charge in [0.15, 0.2) is 0 Å². The largest absolute Gasteiger partial charge is 0.475 e. The second-order valence-corrected chi connectivity index (χ2v) is 11.3. The van der Waals surface area contributed by atoms with E-state index in [1.807, 2.05) is 0 Å². The minimum absolute atomic E-state index is 0.0379. The van der Waals surface area contributed by atoms with Crippen molar-refractivity contribution in [1.82, 2.24) is 5.32 Å². The van der Waals surface area contributed by atoms with Crippen molar-refractivity contribution in [2.24, 2.45) is 5.73 Å². The molecule has 0 aromatic carbocycles. The van der Waals surface area contributed by atoms with Crippen LogP contribution < -0.4 is 11.1 Å². The van der Waals surface area contributed by atoms with Crippen LogP contribution in [0.1, 0.15) is 72.6 Å². The van der Waals surface area contributed by atoms with Crippen molar-refractivity contribution in [2.75, 3.05) is 53.5 Å². The monoisotopic (exact) mass is 554 g/mol. The molecule has 3 atom stereocenters. The SMILES string of the molecule is C=CCOP(=O)(OCCNC(=O)OC(C)(C)C)OCC(N)COCC[C@@H](CCCCCCC)OCOC. The highest BCUT2D eigenvalue weighted by atomic mass is 31.2. The molecule has 0 bridgehead atoms. The number of amides is 1. The standard InChI is InChI=1S/C25H51N2O9P/c1-7-9-10-11-12-13-23(32-21-30-6)14-17-31-19-22(26)20-35-37(29,33-16-8-2)34-18-15-27-24(28)36-25(3,4)5/h8,22-23H,2,7,9-21,26H2,1,3-6H3,(H,27,28)/t22?,23-,37?/m1/s1. The minimum atomic E-state index is -3.91. The highest BCUT2D eigenvalue weighted by molar-refractivity contribution is 7.48. The second-order valence-electron chi connectivity index (χ2n) is 9.61. The number of carbonyl (C=O) groups is 1. The Hall–Kier alpha value is -1.04. The summed E-state index contributed by atoms with van der Waals surface area (Å²) in [6, 6.07) is -0.545. The molecule has 1 amide bonds. The fourth-order valence-electron chi connectivity index (χ4n) is 3.02. The first-order chi connectivity index (χ1) is 17.5. The van der Waals surface area contributed by atoms with Gasteiger partial charge in [-0.15, -0.1) is 6.58 Å². The Balaban J connectivity index is 4.35. The van der Waals surface area contributed by atoms with E-state index in [1.54, 1.807) is 27.9 Å². The highest BCUT2D eigenvalue weighted by Crippen LogP contribution is 2.49. The Labute approximate surface area is 223 Å². The van der Waals surface area contributed by atoms with Crippen LogP contribution in [-0.2, 0) is 37.1 Å². The summed E-state index contributed by atoms with van der Waals surface area (Å²) in [5.41, 5.74) is 5.44. The fourth-order valence-corrected chi connectivity index (χ4v) is 4.22. The lowest BCUT2D eigenvalue weighted by Gasteiger charge is -2.21. The van der Waals surface area contributed by atoms with E-state index in [1.165, 1.54) is 31.8 Å². The molecule has 0 fully saturated rings. The van der Waals surface area contributed by atoms with Crippen LogP contribution in [-0.4, -0.2) is 77.3 Å². The summed E-state index contributed by atoms with van der Waals surface area (Å²) in [4.78, 5) is 11.7. The molecule has 11 nitrogen and oxygen atoms in total. The number of methoxy groups -OCH3 is 1. The van der Waals surface area contributed by atoms with Crippen LogP contribution in [0.25, 0.3) is 0 Å². The predicted molar refractivity (Wildman–Crippen MR) is 143 cm³/mol. The van der Waals surface area contributed by atoms with Crippen LogP contribution in [0.2, 0.25) is 0 Å². The number of phosphoric ester groups is 1. The first kappa shape index (κ1) is 36.0. The molecule has 37 heavy (non-hydrogen) atoms. The van der Waals surface area contributed by atoms with Crippen LogP contribution in [0, 0.1) is 0 Å². The molecule has 3 N–H and O–H groups in total. The maximum absolute atomic E-state index is 12.9. The molecule has 0 aliphatic rings. The summed E-state index contributed by atoms with van der Waals surface area (Å²) < 4.78 is 50.3. The zero-order valence-corrected chi connectivity index (χ0v) is 24.4. The smallest absolute Gasteiger partial charge is 0.444 e. The maximum atomic E-state index is 12.9. The third-order valence-corrected chi connectivity index (χ3v) is 6.21. The summed E-state index contributed by atoms with van der Waals surface area (Å²) in [5, 5.41) is 2.51.